The highest BCUT2D eigenvalue weighted by atomic mass is 35.5. The highest BCUT2D eigenvalue weighted by molar-refractivity contribution is 6.30. The van der Waals surface area contributed by atoms with Crippen LogP contribution < -0.4 is 11.1 Å². The van der Waals surface area contributed by atoms with Gasteiger partial charge < -0.3 is 11.1 Å². The number of nitrogens with zero attached hydrogens (tertiary/aromatic N) is 1. The van der Waals surface area contributed by atoms with Crippen molar-refractivity contribution in [3.8, 4) is 0 Å². The van der Waals surface area contributed by atoms with Gasteiger partial charge >= 0.3 is 0 Å². The molecule has 0 spiro atoms. The maximum absolute atomic E-state index is 11.4. The van der Waals surface area contributed by atoms with E-state index in [2.05, 4.69) is 10.3 Å². The fourth-order valence-corrected chi connectivity index (χ4v) is 1.21. The largest absolute Gasteiger partial charge is 0.327 e. The van der Waals surface area contributed by atoms with Crippen LogP contribution >= 0.6 is 11.6 Å². The number of amides is 1. The number of anilines is 1. The summed E-state index contributed by atoms with van der Waals surface area (Å²) in [6.07, 6.45) is 2.61. The number of rotatable bonds is 4. The Morgan fingerprint density at radius 3 is 3.07 bits per heavy atom. The summed E-state index contributed by atoms with van der Waals surface area (Å²) in [6, 6.07) is 3.13. The zero-order valence-corrected chi connectivity index (χ0v) is 9.29. The molecule has 0 aromatic carbocycles. The van der Waals surface area contributed by atoms with E-state index in [0.717, 1.165) is 6.42 Å². The summed E-state index contributed by atoms with van der Waals surface area (Å²) < 4.78 is 0. The van der Waals surface area contributed by atoms with Crippen molar-refractivity contribution in [3.05, 3.63) is 23.4 Å². The predicted octanol–water partition coefficient (Wildman–Crippen LogP) is 1.80. The summed E-state index contributed by atoms with van der Waals surface area (Å²) in [5.41, 5.74) is 5.65. The number of nitrogens with one attached hydrogen (secondary N) is 1. The summed E-state index contributed by atoms with van der Waals surface area (Å²) in [7, 11) is 0. The van der Waals surface area contributed by atoms with E-state index in [-0.39, 0.29) is 11.9 Å². The quantitative estimate of drug-likeness (QED) is 0.824. The molecule has 4 nitrogen and oxygen atoms in total. The van der Waals surface area contributed by atoms with Crippen LogP contribution in [0.3, 0.4) is 0 Å². The Morgan fingerprint density at radius 2 is 2.47 bits per heavy atom. The highest BCUT2D eigenvalue weighted by Gasteiger charge is 2.08. The standard InChI is InChI=1S/C10H14ClN3O/c1-2-8(12)6-10(15)14-9-5-7(11)3-4-13-9/h3-5,8H,2,6,12H2,1H3,(H,13,14,15). The van der Waals surface area contributed by atoms with Crippen LogP contribution in [-0.2, 0) is 4.79 Å². The van der Waals surface area contributed by atoms with E-state index in [0.29, 0.717) is 17.3 Å². The van der Waals surface area contributed by atoms with Crippen LogP contribution in [0, 0.1) is 0 Å². The second-order valence-electron chi connectivity index (χ2n) is 3.28. The molecule has 82 valence electrons. The molecule has 5 heteroatoms. The van der Waals surface area contributed by atoms with E-state index >= 15 is 0 Å². The van der Waals surface area contributed by atoms with Crippen molar-refractivity contribution < 1.29 is 4.79 Å². The molecule has 1 amide bonds. The van der Waals surface area contributed by atoms with E-state index in [9.17, 15) is 4.79 Å². The average molecular weight is 228 g/mol. The lowest BCUT2D eigenvalue weighted by atomic mass is 10.1. The SMILES string of the molecule is CCC(N)CC(=O)Nc1cc(Cl)ccn1. The number of hydrogen-bond acceptors (Lipinski definition) is 3. The van der Waals surface area contributed by atoms with Gasteiger partial charge in [-0.15, -0.1) is 0 Å². The molecule has 1 aromatic rings. The second kappa shape index (κ2) is 5.68. The summed E-state index contributed by atoms with van der Waals surface area (Å²) in [4.78, 5) is 15.4. The van der Waals surface area contributed by atoms with Crippen molar-refractivity contribution in [2.75, 3.05) is 5.32 Å². The first-order valence-electron chi connectivity index (χ1n) is 4.78. The van der Waals surface area contributed by atoms with Gasteiger partial charge in [-0.25, -0.2) is 4.98 Å². The third kappa shape index (κ3) is 4.27. The fraction of sp³-hybridized carbons (Fsp3) is 0.400. The predicted molar refractivity (Wildman–Crippen MR) is 60.8 cm³/mol. The molecule has 0 fully saturated rings. The molecule has 0 aliphatic carbocycles. The third-order valence-corrected chi connectivity index (χ3v) is 2.20. The molecule has 0 aliphatic heterocycles. The molecule has 0 radical (unpaired) electrons. The van der Waals surface area contributed by atoms with Gasteiger partial charge in [0.15, 0.2) is 0 Å². The molecule has 1 aromatic heterocycles. The average Bonchev–Trinajstić information content (AvgIpc) is 2.17. The minimum atomic E-state index is -0.140. The molecule has 1 heterocycles. The number of carbonyl (C=O) groups excluding carboxylic acids is 1. The maximum Gasteiger partial charge on any atom is 0.227 e. The minimum absolute atomic E-state index is 0.107. The Kier molecular flexibility index (Phi) is 4.52. The van der Waals surface area contributed by atoms with Gasteiger partial charge in [-0.2, -0.15) is 0 Å². The van der Waals surface area contributed by atoms with Crippen molar-refractivity contribution in [2.45, 2.75) is 25.8 Å². The Morgan fingerprint density at radius 1 is 1.73 bits per heavy atom. The molecule has 1 atom stereocenters. The molecular weight excluding hydrogens is 214 g/mol. The first kappa shape index (κ1) is 11.9. The highest BCUT2D eigenvalue weighted by Crippen LogP contribution is 2.12. The lowest BCUT2D eigenvalue weighted by Gasteiger charge is -2.08. The Bertz CT molecular complexity index is 343. The molecule has 0 aliphatic rings. The fourth-order valence-electron chi connectivity index (χ4n) is 1.05. The van der Waals surface area contributed by atoms with Gasteiger partial charge in [0.2, 0.25) is 5.91 Å². The second-order valence-corrected chi connectivity index (χ2v) is 3.72. The zero-order chi connectivity index (χ0) is 11.3. The molecule has 15 heavy (non-hydrogen) atoms. The van der Waals surface area contributed by atoms with Gasteiger partial charge in [0, 0.05) is 23.7 Å². The zero-order valence-electron chi connectivity index (χ0n) is 8.53. The summed E-state index contributed by atoms with van der Waals surface area (Å²) in [5.74, 6) is 0.315. The molecule has 1 rings (SSSR count). The number of pyridine rings is 1. The number of hydrogen-bond donors (Lipinski definition) is 2. The first-order chi connectivity index (χ1) is 7.11. The smallest absolute Gasteiger partial charge is 0.227 e. The number of halogens is 1. The van der Waals surface area contributed by atoms with E-state index in [1.54, 1.807) is 12.1 Å². The Balaban J connectivity index is 2.51. The number of nitrogens with two attached hydrogens (primary N) is 1. The van der Waals surface area contributed by atoms with E-state index < -0.39 is 0 Å². The summed E-state index contributed by atoms with van der Waals surface area (Å²) in [6.45, 7) is 1.94. The first-order valence-corrected chi connectivity index (χ1v) is 5.16. The molecular formula is C10H14ClN3O. The van der Waals surface area contributed by atoms with Crippen LogP contribution in [0.4, 0.5) is 5.82 Å². The van der Waals surface area contributed by atoms with Crippen molar-refractivity contribution in [1.82, 2.24) is 4.98 Å². The van der Waals surface area contributed by atoms with Gasteiger partial charge in [0.05, 0.1) is 0 Å². The van der Waals surface area contributed by atoms with Crippen LogP contribution in [-0.4, -0.2) is 16.9 Å². The molecule has 0 saturated carbocycles. The monoisotopic (exact) mass is 227 g/mol. The minimum Gasteiger partial charge on any atom is -0.327 e. The summed E-state index contributed by atoms with van der Waals surface area (Å²) in [5, 5.41) is 3.18. The molecule has 3 N–H and O–H groups in total. The third-order valence-electron chi connectivity index (χ3n) is 1.96. The number of aromatic nitrogens is 1. The van der Waals surface area contributed by atoms with Crippen molar-refractivity contribution in [1.29, 1.82) is 0 Å². The molecule has 0 bridgehead atoms. The normalized spacial score (nSPS) is 12.2. The molecule has 0 saturated heterocycles. The van der Waals surface area contributed by atoms with Gasteiger partial charge in [-0.3, -0.25) is 4.79 Å². The van der Waals surface area contributed by atoms with E-state index in [4.69, 9.17) is 17.3 Å². The van der Waals surface area contributed by atoms with E-state index in [1.807, 2.05) is 6.92 Å². The topological polar surface area (TPSA) is 68.0 Å². The van der Waals surface area contributed by atoms with Crippen LogP contribution in [0.15, 0.2) is 18.3 Å². The Labute approximate surface area is 93.8 Å². The van der Waals surface area contributed by atoms with Gasteiger partial charge in [-0.05, 0) is 18.6 Å². The van der Waals surface area contributed by atoms with Crippen molar-refractivity contribution in [3.63, 3.8) is 0 Å². The maximum atomic E-state index is 11.4. The van der Waals surface area contributed by atoms with Crippen LogP contribution in [0.1, 0.15) is 19.8 Å². The van der Waals surface area contributed by atoms with Crippen molar-refractivity contribution >= 4 is 23.3 Å². The van der Waals surface area contributed by atoms with Gasteiger partial charge in [0.25, 0.3) is 0 Å². The molecule has 1 unspecified atom stereocenters. The Hall–Kier alpha value is -1.13. The van der Waals surface area contributed by atoms with Crippen LogP contribution in [0.25, 0.3) is 0 Å². The van der Waals surface area contributed by atoms with Crippen LogP contribution in [0.5, 0.6) is 0 Å². The van der Waals surface area contributed by atoms with Gasteiger partial charge in [0.1, 0.15) is 5.82 Å². The lowest BCUT2D eigenvalue weighted by molar-refractivity contribution is -0.116. The van der Waals surface area contributed by atoms with Gasteiger partial charge in [-0.1, -0.05) is 18.5 Å². The van der Waals surface area contributed by atoms with Crippen molar-refractivity contribution in [2.24, 2.45) is 5.73 Å². The van der Waals surface area contributed by atoms with Crippen LogP contribution in [0.2, 0.25) is 5.02 Å². The van der Waals surface area contributed by atoms with E-state index in [1.165, 1.54) is 6.20 Å². The summed E-state index contributed by atoms with van der Waals surface area (Å²) >= 11 is 5.75. The number of carbonyl (C=O) groups is 1. The lowest BCUT2D eigenvalue weighted by Crippen LogP contribution is -2.26.